The zero-order chi connectivity index (χ0) is 31.4. The highest BCUT2D eigenvalue weighted by Crippen LogP contribution is 2.39. The number of anilines is 3. The zero-order valence-electron chi connectivity index (χ0n) is 25.6. The molecule has 3 heterocycles. The summed E-state index contributed by atoms with van der Waals surface area (Å²) in [5, 5.41) is 6.45. The molecule has 2 amide bonds. The van der Waals surface area contributed by atoms with Crippen molar-refractivity contribution in [1.29, 1.82) is 0 Å². The average molecular weight is 601 g/mol. The second-order valence-electron chi connectivity index (χ2n) is 11.7. The van der Waals surface area contributed by atoms with Gasteiger partial charge in [-0.2, -0.15) is 0 Å². The first-order valence-electron chi connectivity index (χ1n) is 14.9. The Balaban J connectivity index is 1.28. The van der Waals surface area contributed by atoms with Crippen molar-refractivity contribution < 1.29 is 23.9 Å². The molecule has 44 heavy (non-hydrogen) atoms. The number of aromatic nitrogens is 1. The molecule has 2 atom stereocenters. The molecule has 0 spiro atoms. The topological polar surface area (TPSA) is 139 Å². The average Bonchev–Trinajstić information content (AvgIpc) is 3.26. The Morgan fingerprint density at radius 3 is 2.34 bits per heavy atom. The molecule has 2 aliphatic rings. The molecule has 2 fully saturated rings. The van der Waals surface area contributed by atoms with Gasteiger partial charge >= 0.3 is 0 Å². The monoisotopic (exact) mass is 600 g/mol. The fourth-order valence-corrected chi connectivity index (χ4v) is 6.05. The van der Waals surface area contributed by atoms with Crippen LogP contribution in [0.3, 0.4) is 0 Å². The number of benzene rings is 2. The lowest BCUT2D eigenvalue weighted by molar-refractivity contribution is 0.0924. The van der Waals surface area contributed by atoms with Gasteiger partial charge in [0.2, 0.25) is 0 Å². The summed E-state index contributed by atoms with van der Waals surface area (Å²) in [7, 11) is 5.51. The second kappa shape index (κ2) is 13.3. The van der Waals surface area contributed by atoms with Gasteiger partial charge in [-0.1, -0.05) is 0 Å². The van der Waals surface area contributed by atoms with Gasteiger partial charge in [0, 0.05) is 53.7 Å². The summed E-state index contributed by atoms with van der Waals surface area (Å²) >= 11 is 0. The van der Waals surface area contributed by atoms with E-state index in [-0.39, 0.29) is 35.4 Å². The van der Waals surface area contributed by atoms with E-state index in [9.17, 15) is 14.4 Å². The molecule has 232 valence electrons. The van der Waals surface area contributed by atoms with Gasteiger partial charge in [-0.3, -0.25) is 14.4 Å². The Morgan fingerprint density at radius 1 is 1.00 bits per heavy atom. The lowest BCUT2D eigenvalue weighted by Gasteiger charge is -2.40. The maximum Gasteiger partial charge on any atom is 0.251 e. The van der Waals surface area contributed by atoms with Gasteiger partial charge in [-0.05, 0) is 89.2 Å². The molecular formula is C33H40N6O5. The number of primary amides is 1. The van der Waals surface area contributed by atoms with E-state index in [1.54, 1.807) is 49.7 Å². The molecule has 2 aromatic carbocycles. The fraction of sp³-hybridized carbons (Fsp3) is 0.394. The summed E-state index contributed by atoms with van der Waals surface area (Å²) < 4.78 is 11.4. The SMILES string of the molecule is COc1ccc(Nc2cc(C(=O)NC3CC4CCC(C3)N4c3ccc(C(C)=O)cn3)ccc2C(N)=O)cc1OCCN(C)C. The van der Waals surface area contributed by atoms with E-state index < -0.39 is 5.91 Å². The molecule has 4 N–H and O–H groups in total. The molecule has 3 aromatic rings. The van der Waals surface area contributed by atoms with Crippen LogP contribution < -0.4 is 30.7 Å². The molecule has 11 heteroatoms. The molecule has 11 nitrogen and oxygen atoms in total. The number of nitrogens with zero attached hydrogens (tertiary/aromatic N) is 3. The number of nitrogens with two attached hydrogens (primary N) is 1. The first-order valence-corrected chi connectivity index (χ1v) is 14.9. The van der Waals surface area contributed by atoms with Crippen LogP contribution in [-0.4, -0.2) is 80.0 Å². The fourth-order valence-electron chi connectivity index (χ4n) is 6.05. The molecule has 2 saturated heterocycles. The number of methoxy groups -OCH3 is 1. The summed E-state index contributed by atoms with van der Waals surface area (Å²) in [4.78, 5) is 46.3. The molecule has 2 aliphatic heterocycles. The second-order valence-corrected chi connectivity index (χ2v) is 11.7. The number of hydrogen-bond donors (Lipinski definition) is 3. The maximum atomic E-state index is 13.4. The predicted octanol–water partition coefficient (Wildman–Crippen LogP) is 4.01. The van der Waals surface area contributed by atoms with Gasteiger partial charge in [0.05, 0.1) is 18.4 Å². The van der Waals surface area contributed by atoms with Gasteiger partial charge in [0.15, 0.2) is 17.3 Å². The Kier molecular flexibility index (Phi) is 9.34. The third kappa shape index (κ3) is 6.94. The molecular weight excluding hydrogens is 560 g/mol. The van der Waals surface area contributed by atoms with Gasteiger partial charge in [-0.25, -0.2) is 4.98 Å². The molecule has 2 bridgehead atoms. The highest BCUT2D eigenvalue weighted by atomic mass is 16.5. The molecule has 0 saturated carbocycles. The number of fused-ring (bicyclic) bond motifs is 2. The quantitative estimate of drug-likeness (QED) is 0.263. The number of hydrogen-bond acceptors (Lipinski definition) is 9. The molecule has 5 rings (SSSR count). The number of ketones is 1. The van der Waals surface area contributed by atoms with Crippen molar-refractivity contribution in [2.75, 3.05) is 44.6 Å². The number of carbonyl (C=O) groups is 3. The van der Waals surface area contributed by atoms with Gasteiger partial charge in [-0.15, -0.1) is 0 Å². The van der Waals surface area contributed by atoms with E-state index in [1.807, 2.05) is 31.1 Å². The van der Waals surface area contributed by atoms with Crippen LogP contribution in [0.25, 0.3) is 0 Å². The van der Waals surface area contributed by atoms with Gasteiger partial charge < -0.3 is 35.6 Å². The van der Waals surface area contributed by atoms with Crippen molar-refractivity contribution in [2.24, 2.45) is 5.73 Å². The molecule has 0 aliphatic carbocycles. The number of Topliss-reactive ketones (excluding diaryl/α,β-unsaturated/α-hetero) is 1. The molecule has 0 radical (unpaired) electrons. The summed E-state index contributed by atoms with van der Waals surface area (Å²) in [6.45, 7) is 2.74. The van der Waals surface area contributed by atoms with E-state index in [0.717, 1.165) is 38.0 Å². The number of carbonyl (C=O) groups excluding carboxylic acids is 3. The standard InChI is InChI=1S/C33H40N6O5/c1-20(40)22-6-12-31(35-19-22)39-25-8-9-26(39)17-24(16-25)37-33(42)21-5-10-27(32(34)41)28(15-21)36-23-7-11-29(43-4)30(18-23)44-14-13-38(2)3/h5-7,10-12,15,18-19,24-26,36H,8-9,13-14,16-17H2,1-4H3,(H2,34,41)(H,37,42). The lowest BCUT2D eigenvalue weighted by atomic mass is 9.96. The van der Waals surface area contributed by atoms with Crippen molar-refractivity contribution in [3.8, 4) is 11.5 Å². The zero-order valence-corrected chi connectivity index (χ0v) is 25.6. The Morgan fingerprint density at radius 2 is 1.73 bits per heavy atom. The number of likely N-dealkylation sites (N-methyl/N-ethyl adjacent to an activating group) is 1. The molecule has 1 aromatic heterocycles. The maximum absolute atomic E-state index is 13.4. The number of rotatable bonds is 12. The summed E-state index contributed by atoms with van der Waals surface area (Å²) in [5.74, 6) is 1.18. The van der Waals surface area contributed by atoms with Gasteiger partial charge in [0.25, 0.3) is 11.8 Å². The first-order chi connectivity index (χ1) is 21.1. The van der Waals surface area contributed by atoms with E-state index in [2.05, 4.69) is 20.5 Å². The van der Waals surface area contributed by atoms with E-state index in [4.69, 9.17) is 15.2 Å². The van der Waals surface area contributed by atoms with Crippen LogP contribution in [0.4, 0.5) is 17.2 Å². The number of amides is 2. The normalized spacial score (nSPS) is 19.0. The summed E-state index contributed by atoms with van der Waals surface area (Å²) in [6.07, 6.45) is 5.28. The smallest absolute Gasteiger partial charge is 0.251 e. The lowest BCUT2D eigenvalue weighted by Crippen LogP contribution is -2.50. The third-order valence-electron chi connectivity index (χ3n) is 8.27. The third-order valence-corrected chi connectivity index (χ3v) is 8.27. The molecule has 2 unspecified atom stereocenters. The Hall–Kier alpha value is -4.64. The van der Waals surface area contributed by atoms with E-state index >= 15 is 0 Å². The van der Waals surface area contributed by atoms with Crippen molar-refractivity contribution in [2.45, 2.75) is 50.7 Å². The van der Waals surface area contributed by atoms with Crippen LogP contribution in [-0.2, 0) is 0 Å². The minimum absolute atomic E-state index is 0.00318. The first kappa shape index (κ1) is 30.8. The predicted molar refractivity (Wildman–Crippen MR) is 169 cm³/mol. The number of nitrogens with one attached hydrogen (secondary N) is 2. The minimum atomic E-state index is -0.607. The van der Waals surface area contributed by atoms with Crippen molar-refractivity contribution in [3.63, 3.8) is 0 Å². The van der Waals surface area contributed by atoms with Crippen molar-refractivity contribution in [1.82, 2.24) is 15.2 Å². The largest absolute Gasteiger partial charge is 0.493 e. The van der Waals surface area contributed by atoms with Crippen LogP contribution in [0.15, 0.2) is 54.7 Å². The van der Waals surface area contributed by atoms with Crippen LogP contribution in [0.5, 0.6) is 11.5 Å². The van der Waals surface area contributed by atoms with Crippen LogP contribution in [0.2, 0.25) is 0 Å². The summed E-state index contributed by atoms with van der Waals surface area (Å²) in [5.41, 5.74) is 8.04. The minimum Gasteiger partial charge on any atom is -0.493 e. The van der Waals surface area contributed by atoms with Crippen LogP contribution >= 0.6 is 0 Å². The van der Waals surface area contributed by atoms with E-state index in [0.29, 0.717) is 40.6 Å². The highest BCUT2D eigenvalue weighted by Gasteiger charge is 2.41. The van der Waals surface area contributed by atoms with Crippen LogP contribution in [0.1, 0.15) is 63.7 Å². The highest BCUT2D eigenvalue weighted by molar-refractivity contribution is 6.02. The summed E-state index contributed by atoms with van der Waals surface area (Å²) in [6, 6.07) is 14.5. The van der Waals surface area contributed by atoms with E-state index in [1.165, 1.54) is 6.92 Å². The van der Waals surface area contributed by atoms with Crippen molar-refractivity contribution in [3.05, 3.63) is 71.4 Å². The van der Waals surface area contributed by atoms with Crippen molar-refractivity contribution >= 4 is 34.8 Å². The van der Waals surface area contributed by atoms with Gasteiger partial charge in [0.1, 0.15) is 12.4 Å². The number of pyridine rings is 1. The number of ether oxygens (including phenoxy) is 2. The number of piperidine rings is 1. The Bertz CT molecular complexity index is 1510. The van der Waals surface area contributed by atoms with Crippen LogP contribution in [0, 0.1) is 0 Å². The Labute approximate surface area is 257 Å².